The summed E-state index contributed by atoms with van der Waals surface area (Å²) in [5.41, 5.74) is 0.859. The molecule has 0 aromatic rings. The Balaban J connectivity index is 4.94. The zero-order valence-corrected chi connectivity index (χ0v) is 11.0. The molecule has 4 nitrogen and oxygen atoms in total. The lowest BCUT2D eigenvalue weighted by Crippen LogP contribution is -2.11. The van der Waals surface area contributed by atoms with Crippen molar-refractivity contribution in [1.82, 2.24) is 4.90 Å². The van der Waals surface area contributed by atoms with Crippen molar-refractivity contribution in [2.45, 2.75) is 13.8 Å². The van der Waals surface area contributed by atoms with Crippen LogP contribution in [0, 0.1) is 0 Å². The van der Waals surface area contributed by atoms with E-state index in [0.717, 1.165) is 5.57 Å². The number of ether oxygens (including phenoxy) is 1. The first-order valence-electron chi connectivity index (χ1n) is 5.21. The van der Waals surface area contributed by atoms with Crippen LogP contribution in [0.1, 0.15) is 13.8 Å². The summed E-state index contributed by atoms with van der Waals surface area (Å²) in [5, 5.41) is 0. The summed E-state index contributed by atoms with van der Waals surface area (Å²) < 4.78 is 4.54. The number of ketones is 1. The molecule has 94 valence electrons. The smallest absolute Gasteiger partial charge is 0.341 e. The van der Waals surface area contributed by atoms with Gasteiger partial charge in [-0.25, -0.2) is 4.79 Å². The third-order valence-electron chi connectivity index (χ3n) is 1.90. The van der Waals surface area contributed by atoms with Gasteiger partial charge in [0.2, 0.25) is 0 Å². The third kappa shape index (κ3) is 6.35. The lowest BCUT2D eigenvalue weighted by molar-refractivity contribution is -0.137. The van der Waals surface area contributed by atoms with Crippen LogP contribution >= 0.6 is 0 Å². The molecule has 0 aliphatic rings. The van der Waals surface area contributed by atoms with Crippen LogP contribution in [0.5, 0.6) is 0 Å². The molecular weight excluding hydrogens is 218 g/mol. The van der Waals surface area contributed by atoms with Crippen LogP contribution in [0.25, 0.3) is 0 Å². The largest absolute Gasteiger partial charge is 0.465 e. The second-order valence-corrected chi connectivity index (χ2v) is 3.82. The van der Waals surface area contributed by atoms with Crippen molar-refractivity contribution in [2.24, 2.45) is 0 Å². The minimum absolute atomic E-state index is 0.0551. The van der Waals surface area contributed by atoms with Crippen LogP contribution in [0.3, 0.4) is 0 Å². The molecule has 0 aliphatic carbocycles. The number of hydrogen-bond donors (Lipinski definition) is 0. The molecule has 0 saturated heterocycles. The Bertz CT molecular complexity index is 376. The van der Waals surface area contributed by atoms with E-state index in [1.54, 1.807) is 0 Å². The van der Waals surface area contributed by atoms with Gasteiger partial charge >= 0.3 is 5.97 Å². The zero-order valence-electron chi connectivity index (χ0n) is 11.0. The number of allylic oxidation sites excluding steroid dienone is 4. The van der Waals surface area contributed by atoms with Gasteiger partial charge in [0.05, 0.1) is 7.11 Å². The fourth-order valence-electron chi connectivity index (χ4n) is 1.06. The van der Waals surface area contributed by atoms with Gasteiger partial charge in [-0.2, -0.15) is 0 Å². The summed E-state index contributed by atoms with van der Waals surface area (Å²) in [6, 6.07) is 0. The molecule has 0 fully saturated rings. The molecule has 0 N–H and O–H groups in total. The Kier molecular flexibility index (Phi) is 6.63. The van der Waals surface area contributed by atoms with Crippen molar-refractivity contribution in [2.75, 3.05) is 21.2 Å². The van der Waals surface area contributed by atoms with E-state index < -0.39 is 5.97 Å². The first kappa shape index (κ1) is 15.2. The maximum Gasteiger partial charge on any atom is 0.341 e. The Morgan fingerprint density at radius 2 is 1.76 bits per heavy atom. The molecule has 0 rings (SSSR count). The van der Waals surface area contributed by atoms with Crippen LogP contribution in [0.15, 0.2) is 35.6 Å². The summed E-state index contributed by atoms with van der Waals surface area (Å²) >= 11 is 0. The van der Waals surface area contributed by atoms with E-state index in [1.807, 2.05) is 44.3 Å². The molecule has 0 aliphatic heterocycles. The van der Waals surface area contributed by atoms with Crippen molar-refractivity contribution in [3.05, 3.63) is 35.6 Å². The van der Waals surface area contributed by atoms with Gasteiger partial charge in [0, 0.05) is 14.1 Å². The normalized spacial score (nSPS) is 12.8. The van der Waals surface area contributed by atoms with E-state index >= 15 is 0 Å². The molecule has 17 heavy (non-hydrogen) atoms. The molecule has 0 atom stereocenters. The second-order valence-electron chi connectivity index (χ2n) is 3.82. The highest BCUT2D eigenvalue weighted by Gasteiger charge is 2.13. The molecule has 0 aromatic carbocycles. The first-order valence-corrected chi connectivity index (χ1v) is 5.21. The van der Waals surface area contributed by atoms with Gasteiger partial charge in [0.15, 0.2) is 5.78 Å². The highest BCUT2D eigenvalue weighted by molar-refractivity contribution is 6.16. The molecule has 0 radical (unpaired) electrons. The number of methoxy groups -OCH3 is 1. The molecule has 0 spiro atoms. The number of carbonyl (C=O) groups excluding carboxylic acids is 2. The highest BCUT2D eigenvalue weighted by Crippen LogP contribution is 2.06. The predicted molar refractivity (Wildman–Crippen MR) is 67.4 cm³/mol. The maximum atomic E-state index is 11.3. The minimum atomic E-state index is -0.609. The lowest BCUT2D eigenvalue weighted by atomic mass is 10.1. The minimum Gasteiger partial charge on any atom is -0.465 e. The van der Waals surface area contributed by atoms with Gasteiger partial charge in [0.25, 0.3) is 0 Å². The summed E-state index contributed by atoms with van der Waals surface area (Å²) in [6.07, 6.45) is 7.03. The van der Waals surface area contributed by atoms with Crippen molar-refractivity contribution >= 4 is 11.8 Å². The molecule has 0 heterocycles. The van der Waals surface area contributed by atoms with Crippen LogP contribution in [0.4, 0.5) is 0 Å². The van der Waals surface area contributed by atoms with Crippen LogP contribution in [0.2, 0.25) is 0 Å². The Hall–Kier alpha value is -1.84. The summed E-state index contributed by atoms with van der Waals surface area (Å²) in [6.45, 7) is 3.15. The predicted octanol–water partition coefficient (Wildman–Crippen LogP) is 1.70. The van der Waals surface area contributed by atoms with Gasteiger partial charge in [-0.3, -0.25) is 4.79 Å². The first-order chi connectivity index (χ1) is 7.88. The van der Waals surface area contributed by atoms with Crippen molar-refractivity contribution < 1.29 is 14.3 Å². The van der Waals surface area contributed by atoms with Gasteiger partial charge in [-0.1, -0.05) is 11.6 Å². The van der Waals surface area contributed by atoms with Crippen LogP contribution < -0.4 is 0 Å². The summed E-state index contributed by atoms with van der Waals surface area (Å²) in [5.74, 6) is -0.914. The molecule has 0 saturated carbocycles. The quantitative estimate of drug-likeness (QED) is 0.240. The fourth-order valence-corrected chi connectivity index (χ4v) is 1.06. The van der Waals surface area contributed by atoms with Gasteiger partial charge < -0.3 is 9.64 Å². The average Bonchev–Trinajstić information content (AvgIpc) is 2.24. The van der Waals surface area contributed by atoms with E-state index in [1.165, 1.54) is 20.1 Å². The van der Waals surface area contributed by atoms with Gasteiger partial charge in [-0.05, 0) is 32.2 Å². The monoisotopic (exact) mass is 237 g/mol. The van der Waals surface area contributed by atoms with Crippen LogP contribution in [-0.2, 0) is 14.3 Å². The number of rotatable bonds is 5. The van der Waals surface area contributed by atoms with E-state index in [0.29, 0.717) is 0 Å². The topological polar surface area (TPSA) is 46.6 Å². The zero-order chi connectivity index (χ0) is 13.4. The van der Waals surface area contributed by atoms with E-state index in [4.69, 9.17) is 0 Å². The maximum absolute atomic E-state index is 11.3. The Morgan fingerprint density at radius 3 is 2.18 bits per heavy atom. The highest BCUT2D eigenvalue weighted by atomic mass is 16.5. The van der Waals surface area contributed by atoms with Gasteiger partial charge in [0.1, 0.15) is 5.57 Å². The number of esters is 1. The standard InChI is InChI=1S/C13H19NO3/c1-10(7-6-8-14(3)4)9-12(11(2)15)13(16)17-5/h6-9H,1-5H3/b8-6+,10-7+,12-9-. The molecule has 0 aromatic heterocycles. The Morgan fingerprint density at radius 1 is 1.18 bits per heavy atom. The molecular formula is C13H19NO3. The Labute approximate surface area is 102 Å². The lowest BCUT2D eigenvalue weighted by Gasteiger charge is -2.02. The van der Waals surface area contributed by atoms with E-state index in [-0.39, 0.29) is 11.4 Å². The molecule has 4 heteroatoms. The molecule has 0 amide bonds. The molecule has 0 bridgehead atoms. The summed E-state index contributed by atoms with van der Waals surface area (Å²) in [4.78, 5) is 24.4. The third-order valence-corrected chi connectivity index (χ3v) is 1.90. The van der Waals surface area contributed by atoms with Crippen molar-refractivity contribution in [3.8, 4) is 0 Å². The number of Topliss-reactive ketones (excluding diaryl/α,β-unsaturated/α-hetero) is 1. The van der Waals surface area contributed by atoms with Crippen molar-refractivity contribution in [1.29, 1.82) is 0 Å². The van der Waals surface area contributed by atoms with Gasteiger partial charge in [-0.15, -0.1) is 0 Å². The number of hydrogen-bond acceptors (Lipinski definition) is 4. The summed E-state index contributed by atoms with van der Waals surface area (Å²) in [7, 11) is 5.07. The molecule has 0 unspecified atom stereocenters. The fraction of sp³-hybridized carbons (Fsp3) is 0.385. The van der Waals surface area contributed by atoms with Crippen molar-refractivity contribution in [3.63, 3.8) is 0 Å². The number of nitrogens with zero attached hydrogens (tertiary/aromatic N) is 1. The van der Waals surface area contributed by atoms with E-state index in [9.17, 15) is 9.59 Å². The average molecular weight is 237 g/mol. The van der Waals surface area contributed by atoms with Crippen LogP contribution in [-0.4, -0.2) is 37.9 Å². The van der Waals surface area contributed by atoms with E-state index in [2.05, 4.69) is 4.74 Å². The second kappa shape index (κ2) is 7.44. The SMILES string of the molecule is COC(=O)\C(=C/C(C)=C/C=C/N(C)C)C(C)=O. The number of carbonyl (C=O) groups is 2.